The highest BCUT2D eigenvalue weighted by Gasteiger charge is 1.99. The number of rotatable bonds is 6. The van der Waals surface area contributed by atoms with Crippen LogP contribution < -0.4 is 5.32 Å². The molecule has 0 spiro atoms. The van der Waals surface area contributed by atoms with Crippen molar-refractivity contribution in [2.24, 2.45) is 0 Å². The van der Waals surface area contributed by atoms with Crippen molar-refractivity contribution in [1.82, 2.24) is 0 Å². The number of ether oxygens (including phenoxy) is 1. The zero-order chi connectivity index (χ0) is 11.1. The maximum atomic E-state index is 5.97. The summed E-state index contributed by atoms with van der Waals surface area (Å²) in [5, 5.41) is 4.52. The molecule has 4 heteroatoms. The standard InChI is InChI=1S/C11H15Cl2NO/c1-2-6-15-7-5-14-11-8-9(12)3-4-10(11)13/h3-4,8,14H,2,5-7H2,1H3. The molecule has 1 aromatic rings. The Hall–Kier alpha value is -0.440. The minimum atomic E-state index is 0.676. The van der Waals surface area contributed by atoms with Gasteiger partial charge in [-0.3, -0.25) is 0 Å². The highest BCUT2D eigenvalue weighted by atomic mass is 35.5. The van der Waals surface area contributed by atoms with E-state index in [0.29, 0.717) is 16.7 Å². The Morgan fingerprint density at radius 1 is 1.27 bits per heavy atom. The van der Waals surface area contributed by atoms with E-state index in [0.717, 1.165) is 25.3 Å². The van der Waals surface area contributed by atoms with Crippen LogP contribution in [0.4, 0.5) is 5.69 Å². The first-order valence-electron chi connectivity index (χ1n) is 5.00. The first-order valence-corrected chi connectivity index (χ1v) is 5.76. The van der Waals surface area contributed by atoms with Gasteiger partial charge in [-0.1, -0.05) is 30.1 Å². The third-order valence-corrected chi connectivity index (χ3v) is 2.40. The number of halogens is 2. The van der Waals surface area contributed by atoms with Gasteiger partial charge in [-0.2, -0.15) is 0 Å². The lowest BCUT2D eigenvalue weighted by Gasteiger charge is -2.08. The smallest absolute Gasteiger partial charge is 0.0639 e. The summed E-state index contributed by atoms with van der Waals surface area (Å²) in [5.74, 6) is 0. The topological polar surface area (TPSA) is 21.3 Å². The fourth-order valence-corrected chi connectivity index (χ4v) is 1.49. The first kappa shape index (κ1) is 12.6. The van der Waals surface area contributed by atoms with Crippen LogP contribution in [0.1, 0.15) is 13.3 Å². The zero-order valence-corrected chi connectivity index (χ0v) is 10.2. The molecule has 2 nitrogen and oxygen atoms in total. The predicted octanol–water partition coefficient (Wildman–Crippen LogP) is 3.83. The molecule has 15 heavy (non-hydrogen) atoms. The lowest BCUT2D eigenvalue weighted by Crippen LogP contribution is -2.09. The second-order valence-electron chi connectivity index (χ2n) is 3.16. The van der Waals surface area contributed by atoms with Crippen LogP contribution in [0.15, 0.2) is 18.2 Å². The summed E-state index contributed by atoms with van der Waals surface area (Å²) in [6, 6.07) is 5.35. The van der Waals surface area contributed by atoms with E-state index in [1.165, 1.54) is 0 Å². The fourth-order valence-electron chi connectivity index (χ4n) is 1.14. The Kier molecular flexibility index (Phi) is 5.84. The molecule has 0 atom stereocenters. The van der Waals surface area contributed by atoms with E-state index in [4.69, 9.17) is 27.9 Å². The van der Waals surface area contributed by atoms with Crippen LogP contribution in [0.25, 0.3) is 0 Å². The van der Waals surface area contributed by atoms with Crippen molar-refractivity contribution >= 4 is 28.9 Å². The van der Waals surface area contributed by atoms with E-state index >= 15 is 0 Å². The average Bonchev–Trinajstić information content (AvgIpc) is 2.23. The Balaban J connectivity index is 2.33. The van der Waals surface area contributed by atoms with E-state index in [-0.39, 0.29) is 0 Å². The maximum Gasteiger partial charge on any atom is 0.0639 e. The average molecular weight is 248 g/mol. The van der Waals surface area contributed by atoms with E-state index < -0.39 is 0 Å². The second kappa shape index (κ2) is 6.94. The number of nitrogens with one attached hydrogen (secondary N) is 1. The van der Waals surface area contributed by atoms with Gasteiger partial charge in [0.15, 0.2) is 0 Å². The molecule has 0 aliphatic heterocycles. The molecule has 0 fully saturated rings. The van der Waals surface area contributed by atoms with Gasteiger partial charge in [0.2, 0.25) is 0 Å². The van der Waals surface area contributed by atoms with Crippen LogP contribution in [0.5, 0.6) is 0 Å². The SMILES string of the molecule is CCCOCCNc1cc(Cl)ccc1Cl. The molecule has 1 aromatic carbocycles. The molecule has 0 unspecified atom stereocenters. The Morgan fingerprint density at radius 3 is 2.80 bits per heavy atom. The monoisotopic (exact) mass is 247 g/mol. The Bertz CT molecular complexity index is 305. The number of hydrogen-bond donors (Lipinski definition) is 1. The molecule has 84 valence electrons. The van der Waals surface area contributed by atoms with Gasteiger partial charge >= 0.3 is 0 Å². The van der Waals surface area contributed by atoms with Gasteiger partial charge in [0.05, 0.1) is 17.3 Å². The van der Waals surface area contributed by atoms with Crippen molar-refractivity contribution in [2.75, 3.05) is 25.1 Å². The van der Waals surface area contributed by atoms with E-state index in [9.17, 15) is 0 Å². The minimum absolute atomic E-state index is 0.676. The normalized spacial score (nSPS) is 10.3. The van der Waals surface area contributed by atoms with Gasteiger partial charge < -0.3 is 10.1 Å². The molecule has 0 saturated carbocycles. The number of hydrogen-bond acceptors (Lipinski definition) is 2. The molecule has 0 bridgehead atoms. The molecule has 0 aromatic heterocycles. The Labute approximate surface area is 101 Å². The molecule has 1 N–H and O–H groups in total. The quantitative estimate of drug-likeness (QED) is 0.772. The number of benzene rings is 1. The lowest BCUT2D eigenvalue weighted by molar-refractivity contribution is 0.144. The van der Waals surface area contributed by atoms with Crippen molar-refractivity contribution in [3.05, 3.63) is 28.2 Å². The molecule has 0 saturated heterocycles. The maximum absolute atomic E-state index is 5.97. The summed E-state index contributed by atoms with van der Waals surface area (Å²) >= 11 is 11.8. The lowest BCUT2D eigenvalue weighted by atomic mass is 10.3. The van der Waals surface area contributed by atoms with Crippen molar-refractivity contribution in [3.8, 4) is 0 Å². The largest absolute Gasteiger partial charge is 0.381 e. The molecule has 0 amide bonds. The van der Waals surface area contributed by atoms with Crippen molar-refractivity contribution in [1.29, 1.82) is 0 Å². The molecule has 1 rings (SSSR count). The molecule has 0 aliphatic rings. The molecule has 0 heterocycles. The summed E-state index contributed by atoms with van der Waals surface area (Å²) < 4.78 is 5.34. The van der Waals surface area contributed by atoms with Gasteiger partial charge in [-0.15, -0.1) is 0 Å². The predicted molar refractivity (Wildman–Crippen MR) is 66.1 cm³/mol. The van der Waals surface area contributed by atoms with Gasteiger partial charge in [-0.25, -0.2) is 0 Å². The molecular weight excluding hydrogens is 233 g/mol. The van der Waals surface area contributed by atoms with Crippen molar-refractivity contribution in [3.63, 3.8) is 0 Å². The zero-order valence-electron chi connectivity index (χ0n) is 8.72. The third-order valence-electron chi connectivity index (χ3n) is 1.84. The first-order chi connectivity index (χ1) is 7.24. The summed E-state index contributed by atoms with van der Waals surface area (Å²) in [6.45, 7) is 4.29. The van der Waals surface area contributed by atoms with Crippen molar-refractivity contribution < 1.29 is 4.74 Å². The van der Waals surface area contributed by atoms with Gasteiger partial charge in [0.25, 0.3) is 0 Å². The summed E-state index contributed by atoms with van der Waals surface area (Å²) in [5.41, 5.74) is 0.851. The molecule has 0 aliphatic carbocycles. The van der Waals surface area contributed by atoms with Crippen LogP contribution in [0, 0.1) is 0 Å². The summed E-state index contributed by atoms with van der Waals surface area (Å²) in [4.78, 5) is 0. The van der Waals surface area contributed by atoms with E-state index in [1.807, 2.05) is 6.07 Å². The Morgan fingerprint density at radius 2 is 2.07 bits per heavy atom. The highest BCUT2D eigenvalue weighted by Crippen LogP contribution is 2.24. The molecule has 0 radical (unpaired) electrons. The second-order valence-corrected chi connectivity index (χ2v) is 4.01. The summed E-state index contributed by atoms with van der Waals surface area (Å²) in [7, 11) is 0. The van der Waals surface area contributed by atoms with Crippen LogP contribution >= 0.6 is 23.2 Å². The molecular formula is C11H15Cl2NO. The number of anilines is 1. The van der Waals surface area contributed by atoms with Gasteiger partial charge in [0, 0.05) is 18.2 Å². The van der Waals surface area contributed by atoms with E-state index in [2.05, 4.69) is 12.2 Å². The van der Waals surface area contributed by atoms with E-state index in [1.54, 1.807) is 12.1 Å². The fraction of sp³-hybridized carbons (Fsp3) is 0.455. The van der Waals surface area contributed by atoms with Crippen molar-refractivity contribution in [2.45, 2.75) is 13.3 Å². The summed E-state index contributed by atoms with van der Waals surface area (Å²) in [6.07, 6.45) is 1.04. The van der Waals surface area contributed by atoms with Gasteiger partial charge in [0.1, 0.15) is 0 Å². The van der Waals surface area contributed by atoms with Crippen LogP contribution in [0.2, 0.25) is 10.0 Å². The van der Waals surface area contributed by atoms with Crippen LogP contribution in [0.3, 0.4) is 0 Å². The highest BCUT2D eigenvalue weighted by molar-refractivity contribution is 6.35. The van der Waals surface area contributed by atoms with Crippen LogP contribution in [-0.2, 0) is 4.74 Å². The van der Waals surface area contributed by atoms with Gasteiger partial charge in [-0.05, 0) is 24.6 Å². The van der Waals surface area contributed by atoms with Crippen LogP contribution in [-0.4, -0.2) is 19.8 Å². The third kappa shape index (κ3) is 4.74. The minimum Gasteiger partial charge on any atom is -0.381 e.